The summed E-state index contributed by atoms with van der Waals surface area (Å²) < 4.78 is 6.51. The average molecular weight is 448 g/mol. The fourth-order valence-electron chi connectivity index (χ4n) is 2.30. The molecule has 0 aliphatic carbocycles. The zero-order valence-corrected chi connectivity index (χ0v) is 16.7. The van der Waals surface area contributed by atoms with Gasteiger partial charge in [0.05, 0.1) is 6.61 Å². The van der Waals surface area contributed by atoms with E-state index >= 15 is 0 Å². The molecule has 1 saturated heterocycles. The molecule has 1 unspecified atom stereocenters. The van der Waals surface area contributed by atoms with Crippen LogP contribution in [0, 0.1) is 0 Å². The zero-order chi connectivity index (χ0) is 18.6. The SMILES string of the molecule is CCOc1ccc(Br)c(/C=C2\SC(=S)N(CCCC(=O)O)C2O)c1O. The number of rotatable bonds is 7. The highest BCUT2D eigenvalue weighted by Gasteiger charge is 2.32. The number of ether oxygens (including phenoxy) is 1. The third kappa shape index (κ3) is 4.87. The number of thioether (sulfide) groups is 1. The van der Waals surface area contributed by atoms with Gasteiger partial charge in [0.25, 0.3) is 0 Å². The van der Waals surface area contributed by atoms with E-state index in [0.29, 0.717) is 44.6 Å². The number of nitrogens with zero attached hydrogens (tertiary/aromatic N) is 1. The van der Waals surface area contributed by atoms with Crippen molar-refractivity contribution in [3.8, 4) is 11.5 Å². The van der Waals surface area contributed by atoms with Gasteiger partial charge in [0.15, 0.2) is 17.7 Å². The lowest BCUT2D eigenvalue weighted by Gasteiger charge is -2.21. The standard InChI is InChI=1S/C16H18BrNO5S2/c1-2-23-11-6-5-10(17)9(14(11)21)8-12-15(22)18(16(24)25-12)7-3-4-13(19)20/h5-6,8,15,21-22H,2-4,7H2,1H3,(H,19,20)/b12-8-. The summed E-state index contributed by atoms with van der Waals surface area (Å²) in [5.41, 5.74) is 0.489. The lowest BCUT2D eigenvalue weighted by molar-refractivity contribution is -0.137. The number of carboxylic acid groups (broad SMARTS) is 1. The number of aliphatic hydroxyl groups is 1. The smallest absolute Gasteiger partial charge is 0.303 e. The van der Waals surface area contributed by atoms with Crippen molar-refractivity contribution in [2.24, 2.45) is 0 Å². The van der Waals surface area contributed by atoms with Crippen molar-refractivity contribution in [3.63, 3.8) is 0 Å². The minimum absolute atomic E-state index is 0.0122. The van der Waals surface area contributed by atoms with Crippen LogP contribution >= 0.6 is 39.9 Å². The molecule has 2 rings (SSSR count). The van der Waals surface area contributed by atoms with E-state index in [-0.39, 0.29) is 12.2 Å². The first-order valence-electron chi connectivity index (χ1n) is 7.59. The first kappa shape index (κ1) is 20.0. The van der Waals surface area contributed by atoms with Crippen molar-refractivity contribution >= 4 is 56.3 Å². The van der Waals surface area contributed by atoms with Crippen molar-refractivity contribution in [2.75, 3.05) is 13.2 Å². The Labute approximate surface area is 163 Å². The van der Waals surface area contributed by atoms with Crippen molar-refractivity contribution in [1.29, 1.82) is 0 Å². The maximum Gasteiger partial charge on any atom is 0.303 e. The van der Waals surface area contributed by atoms with Crippen LogP contribution in [0.5, 0.6) is 11.5 Å². The Bertz CT molecular complexity index is 710. The lowest BCUT2D eigenvalue weighted by atomic mass is 10.1. The van der Waals surface area contributed by atoms with Crippen LogP contribution in [-0.4, -0.2) is 49.9 Å². The van der Waals surface area contributed by atoms with Gasteiger partial charge in [-0.3, -0.25) is 4.79 Å². The first-order valence-corrected chi connectivity index (χ1v) is 9.61. The number of aliphatic carboxylic acids is 1. The highest BCUT2D eigenvalue weighted by atomic mass is 79.9. The molecule has 0 aromatic heterocycles. The van der Waals surface area contributed by atoms with Gasteiger partial charge in [-0.25, -0.2) is 0 Å². The van der Waals surface area contributed by atoms with Gasteiger partial charge >= 0.3 is 5.97 Å². The molecule has 0 spiro atoms. The summed E-state index contributed by atoms with van der Waals surface area (Å²) in [6.07, 6.45) is 1.09. The molecule has 1 aliphatic rings. The first-order chi connectivity index (χ1) is 11.8. The predicted molar refractivity (Wildman–Crippen MR) is 105 cm³/mol. The molecular weight excluding hydrogens is 430 g/mol. The van der Waals surface area contributed by atoms with Gasteiger partial charge in [-0.15, -0.1) is 0 Å². The number of carbonyl (C=O) groups is 1. The Morgan fingerprint density at radius 3 is 2.88 bits per heavy atom. The lowest BCUT2D eigenvalue weighted by Crippen LogP contribution is -2.33. The Morgan fingerprint density at radius 2 is 2.24 bits per heavy atom. The van der Waals surface area contributed by atoms with Gasteiger partial charge < -0.3 is 25.0 Å². The van der Waals surface area contributed by atoms with Gasteiger partial charge in [0.1, 0.15) is 4.32 Å². The molecule has 0 amide bonds. The van der Waals surface area contributed by atoms with Crippen LogP contribution < -0.4 is 4.74 Å². The van der Waals surface area contributed by atoms with E-state index in [4.69, 9.17) is 22.1 Å². The van der Waals surface area contributed by atoms with E-state index in [2.05, 4.69) is 15.9 Å². The van der Waals surface area contributed by atoms with E-state index in [1.165, 1.54) is 11.8 Å². The van der Waals surface area contributed by atoms with Crippen LogP contribution in [0.1, 0.15) is 25.3 Å². The van der Waals surface area contributed by atoms with E-state index in [1.54, 1.807) is 23.1 Å². The molecule has 0 bridgehead atoms. The fraction of sp³-hybridized carbons (Fsp3) is 0.375. The normalized spacial score (nSPS) is 18.8. The van der Waals surface area contributed by atoms with E-state index < -0.39 is 12.2 Å². The number of thiocarbonyl (C=S) groups is 1. The van der Waals surface area contributed by atoms with Crippen molar-refractivity contribution < 1.29 is 24.9 Å². The largest absolute Gasteiger partial charge is 0.504 e. The van der Waals surface area contributed by atoms with Gasteiger partial charge in [-0.05, 0) is 31.6 Å². The minimum atomic E-state index is -0.964. The molecule has 6 nitrogen and oxygen atoms in total. The quantitative estimate of drug-likeness (QED) is 0.547. The Morgan fingerprint density at radius 1 is 1.52 bits per heavy atom. The molecular formula is C16H18BrNO5S2. The molecule has 1 atom stereocenters. The monoisotopic (exact) mass is 447 g/mol. The molecule has 0 radical (unpaired) electrons. The second-order valence-corrected chi connectivity index (χ2v) is 7.78. The van der Waals surface area contributed by atoms with Gasteiger partial charge in [0.2, 0.25) is 0 Å². The van der Waals surface area contributed by atoms with Crippen LogP contribution in [0.25, 0.3) is 6.08 Å². The highest BCUT2D eigenvalue weighted by Crippen LogP contribution is 2.41. The third-order valence-electron chi connectivity index (χ3n) is 3.49. The maximum absolute atomic E-state index is 10.6. The van der Waals surface area contributed by atoms with Crippen molar-refractivity contribution in [2.45, 2.75) is 26.0 Å². The second kappa shape index (κ2) is 8.88. The summed E-state index contributed by atoms with van der Waals surface area (Å²) in [6.45, 7) is 2.59. The molecule has 1 aromatic rings. The van der Waals surface area contributed by atoms with Gasteiger partial charge in [-0.2, -0.15) is 0 Å². The van der Waals surface area contributed by atoms with Gasteiger partial charge in [0, 0.05) is 27.9 Å². The minimum Gasteiger partial charge on any atom is -0.504 e. The summed E-state index contributed by atoms with van der Waals surface area (Å²) in [5.74, 6) is -0.549. The number of hydrogen-bond acceptors (Lipinski definition) is 6. The Hall–Kier alpha value is -1.29. The number of phenols is 1. The molecule has 1 aliphatic heterocycles. The Balaban J connectivity index is 2.23. The van der Waals surface area contributed by atoms with Crippen LogP contribution in [0.3, 0.4) is 0 Å². The fourth-order valence-corrected chi connectivity index (χ4v) is 4.13. The van der Waals surface area contributed by atoms with Crippen LogP contribution in [0.4, 0.5) is 0 Å². The number of aromatic hydroxyl groups is 1. The predicted octanol–water partition coefficient (Wildman–Crippen LogP) is 3.41. The van der Waals surface area contributed by atoms with Crippen LogP contribution in [-0.2, 0) is 4.79 Å². The molecule has 9 heteroatoms. The summed E-state index contributed by atoms with van der Waals surface area (Å²) in [4.78, 5) is 12.8. The summed E-state index contributed by atoms with van der Waals surface area (Å²) in [7, 11) is 0. The third-order valence-corrected chi connectivity index (χ3v) is 5.64. The average Bonchev–Trinajstić information content (AvgIpc) is 2.81. The summed E-state index contributed by atoms with van der Waals surface area (Å²) in [6, 6.07) is 3.41. The van der Waals surface area contributed by atoms with Crippen molar-refractivity contribution in [3.05, 3.63) is 27.1 Å². The van der Waals surface area contributed by atoms with Gasteiger partial charge in [-0.1, -0.05) is 39.9 Å². The molecule has 1 fully saturated rings. The summed E-state index contributed by atoms with van der Waals surface area (Å²) >= 11 is 9.87. The number of halogens is 1. The van der Waals surface area contributed by atoms with Crippen LogP contribution in [0.2, 0.25) is 0 Å². The topological polar surface area (TPSA) is 90.2 Å². The molecule has 1 aromatic carbocycles. The number of carboxylic acids is 1. The highest BCUT2D eigenvalue weighted by molar-refractivity contribution is 9.10. The maximum atomic E-state index is 10.6. The molecule has 25 heavy (non-hydrogen) atoms. The second-order valence-electron chi connectivity index (χ2n) is 5.22. The number of hydrogen-bond donors (Lipinski definition) is 3. The van der Waals surface area contributed by atoms with E-state index in [0.717, 1.165) is 0 Å². The van der Waals surface area contributed by atoms with E-state index in [1.807, 2.05) is 6.92 Å². The summed E-state index contributed by atoms with van der Waals surface area (Å²) in [5, 5.41) is 29.6. The molecule has 0 saturated carbocycles. The zero-order valence-electron chi connectivity index (χ0n) is 13.4. The van der Waals surface area contributed by atoms with Crippen LogP contribution in [0.15, 0.2) is 21.5 Å². The number of phenolic OH excluding ortho intramolecular Hbond substituents is 1. The number of aliphatic hydroxyl groups excluding tert-OH is 1. The Kier molecular flexibility index (Phi) is 7.12. The number of benzene rings is 1. The molecule has 3 N–H and O–H groups in total. The molecule has 136 valence electrons. The molecule has 1 heterocycles. The van der Waals surface area contributed by atoms with Crippen molar-refractivity contribution in [1.82, 2.24) is 4.90 Å². The van der Waals surface area contributed by atoms with E-state index in [9.17, 15) is 15.0 Å².